The SMILES string of the molecule is C=Cc1cc2cn[nH]c2cc1C(c1ccccc1)(c1ccccc1)c1ccccc1[N+](=O)[O-]. The predicted molar refractivity (Wildman–Crippen MR) is 131 cm³/mol. The molecule has 5 aromatic rings. The Hall–Kier alpha value is -4.51. The fourth-order valence-corrected chi connectivity index (χ4v) is 4.76. The minimum atomic E-state index is -0.963. The highest BCUT2D eigenvalue weighted by atomic mass is 16.6. The molecule has 5 nitrogen and oxygen atoms in total. The van der Waals surface area contributed by atoms with Crippen LogP contribution in [0.15, 0.2) is 110 Å². The van der Waals surface area contributed by atoms with E-state index in [1.807, 2.05) is 84.9 Å². The monoisotopic (exact) mass is 431 g/mol. The van der Waals surface area contributed by atoms with Crippen LogP contribution in [-0.4, -0.2) is 15.1 Å². The molecule has 160 valence electrons. The first kappa shape index (κ1) is 20.4. The predicted octanol–water partition coefficient (Wildman–Crippen LogP) is 6.50. The van der Waals surface area contributed by atoms with Crippen LogP contribution in [0.2, 0.25) is 0 Å². The third-order valence-electron chi connectivity index (χ3n) is 6.15. The molecule has 1 aromatic heterocycles. The van der Waals surface area contributed by atoms with Crippen LogP contribution >= 0.6 is 0 Å². The van der Waals surface area contributed by atoms with E-state index in [4.69, 9.17) is 0 Å². The van der Waals surface area contributed by atoms with E-state index in [1.54, 1.807) is 24.4 Å². The van der Waals surface area contributed by atoms with Gasteiger partial charge in [-0.3, -0.25) is 15.2 Å². The van der Waals surface area contributed by atoms with Crippen molar-refractivity contribution in [3.63, 3.8) is 0 Å². The Morgan fingerprint density at radius 3 is 2.06 bits per heavy atom. The van der Waals surface area contributed by atoms with Crippen molar-refractivity contribution in [3.8, 4) is 0 Å². The van der Waals surface area contributed by atoms with Crippen LogP contribution in [0.5, 0.6) is 0 Å². The molecule has 33 heavy (non-hydrogen) atoms. The molecular weight excluding hydrogens is 410 g/mol. The van der Waals surface area contributed by atoms with Crippen LogP contribution in [-0.2, 0) is 5.41 Å². The number of fused-ring (bicyclic) bond motifs is 1. The minimum Gasteiger partial charge on any atom is -0.278 e. The molecule has 0 spiro atoms. The second-order valence-corrected chi connectivity index (χ2v) is 7.86. The molecule has 0 atom stereocenters. The molecular formula is C28H21N3O2. The van der Waals surface area contributed by atoms with Gasteiger partial charge in [0.05, 0.1) is 22.1 Å². The number of rotatable bonds is 6. The zero-order valence-electron chi connectivity index (χ0n) is 17.8. The van der Waals surface area contributed by atoms with Crippen LogP contribution in [0.25, 0.3) is 17.0 Å². The Morgan fingerprint density at radius 2 is 1.45 bits per heavy atom. The maximum Gasteiger partial charge on any atom is 0.274 e. The smallest absolute Gasteiger partial charge is 0.274 e. The van der Waals surface area contributed by atoms with Gasteiger partial charge in [-0.15, -0.1) is 0 Å². The van der Waals surface area contributed by atoms with E-state index in [2.05, 4.69) is 16.8 Å². The van der Waals surface area contributed by atoms with Crippen molar-refractivity contribution in [3.05, 3.63) is 148 Å². The number of H-pyrrole nitrogens is 1. The van der Waals surface area contributed by atoms with Gasteiger partial charge in [0.25, 0.3) is 5.69 Å². The normalized spacial score (nSPS) is 11.4. The van der Waals surface area contributed by atoms with Crippen LogP contribution in [0, 0.1) is 10.1 Å². The summed E-state index contributed by atoms with van der Waals surface area (Å²) in [5, 5.41) is 20.5. The van der Waals surface area contributed by atoms with Gasteiger partial charge in [0.2, 0.25) is 0 Å². The Bertz CT molecular complexity index is 1420. The summed E-state index contributed by atoms with van der Waals surface area (Å²) >= 11 is 0. The third-order valence-corrected chi connectivity index (χ3v) is 6.15. The van der Waals surface area contributed by atoms with Gasteiger partial charge < -0.3 is 0 Å². The van der Waals surface area contributed by atoms with Crippen molar-refractivity contribution >= 4 is 22.7 Å². The largest absolute Gasteiger partial charge is 0.278 e. The van der Waals surface area contributed by atoms with E-state index in [0.29, 0.717) is 5.56 Å². The van der Waals surface area contributed by atoms with E-state index in [0.717, 1.165) is 33.2 Å². The lowest BCUT2D eigenvalue weighted by molar-refractivity contribution is -0.385. The second kappa shape index (κ2) is 8.20. The van der Waals surface area contributed by atoms with Gasteiger partial charge in [0.15, 0.2) is 0 Å². The number of para-hydroxylation sites is 1. The van der Waals surface area contributed by atoms with Crippen LogP contribution < -0.4 is 0 Å². The molecule has 0 amide bonds. The maximum atomic E-state index is 12.3. The van der Waals surface area contributed by atoms with Gasteiger partial charge in [0.1, 0.15) is 0 Å². The molecule has 5 rings (SSSR count). The Kier molecular flexibility index (Phi) is 5.07. The summed E-state index contributed by atoms with van der Waals surface area (Å²) in [4.78, 5) is 11.9. The lowest BCUT2D eigenvalue weighted by Gasteiger charge is -2.37. The summed E-state index contributed by atoms with van der Waals surface area (Å²) in [6.07, 6.45) is 3.57. The molecule has 0 aliphatic carbocycles. The Labute approximate surface area is 191 Å². The fraction of sp³-hybridized carbons (Fsp3) is 0.0357. The molecule has 0 aliphatic rings. The third kappa shape index (κ3) is 3.22. The summed E-state index contributed by atoms with van der Waals surface area (Å²) in [5.41, 5.74) is 4.16. The van der Waals surface area contributed by atoms with Gasteiger partial charge in [-0.05, 0) is 34.4 Å². The highest BCUT2D eigenvalue weighted by Gasteiger charge is 2.43. The van der Waals surface area contributed by atoms with Crippen LogP contribution in [0.1, 0.15) is 27.8 Å². The first-order valence-corrected chi connectivity index (χ1v) is 10.6. The first-order chi connectivity index (χ1) is 16.2. The number of aromatic nitrogens is 2. The number of hydrogen-bond donors (Lipinski definition) is 1. The molecule has 0 aliphatic heterocycles. The van der Waals surface area contributed by atoms with E-state index < -0.39 is 5.41 Å². The highest BCUT2D eigenvalue weighted by Crippen LogP contribution is 2.49. The molecule has 0 saturated carbocycles. The quantitative estimate of drug-likeness (QED) is 0.190. The summed E-state index contributed by atoms with van der Waals surface area (Å²) in [6, 6.07) is 30.9. The zero-order chi connectivity index (χ0) is 22.8. The van der Waals surface area contributed by atoms with Crippen molar-refractivity contribution in [1.29, 1.82) is 0 Å². The number of hydrogen-bond acceptors (Lipinski definition) is 3. The van der Waals surface area contributed by atoms with Crippen molar-refractivity contribution in [1.82, 2.24) is 10.2 Å². The number of benzene rings is 4. The molecule has 0 fully saturated rings. The molecule has 0 bridgehead atoms. The molecule has 0 unspecified atom stereocenters. The Morgan fingerprint density at radius 1 is 0.848 bits per heavy atom. The van der Waals surface area contributed by atoms with Gasteiger partial charge >= 0.3 is 0 Å². The van der Waals surface area contributed by atoms with Gasteiger partial charge in [-0.25, -0.2) is 0 Å². The molecule has 0 saturated heterocycles. The summed E-state index contributed by atoms with van der Waals surface area (Å²) in [5.74, 6) is 0. The number of nitro groups is 1. The topological polar surface area (TPSA) is 71.8 Å². The van der Waals surface area contributed by atoms with Crippen molar-refractivity contribution < 1.29 is 4.92 Å². The van der Waals surface area contributed by atoms with E-state index in [1.165, 1.54) is 0 Å². The minimum absolute atomic E-state index is 0.0601. The average molecular weight is 431 g/mol. The average Bonchev–Trinajstić information content (AvgIpc) is 3.33. The zero-order valence-corrected chi connectivity index (χ0v) is 17.8. The highest BCUT2D eigenvalue weighted by molar-refractivity contribution is 5.85. The van der Waals surface area contributed by atoms with Crippen molar-refractivity contribution in [2.75, 3.05) is 0 Å². The van der Waals surface area contributed by atoms with Gasteiger partial charge in [-0.1, -0.05) is 91.5 Å². The summed E-state index contributed by atoms with van der Waals surface area (Å²) in [6.45, 7) is 4.07. The summed E-state index contributed by atoms with van der Waals surface area (Å²) in [7, 11) is 0. The molecule has 5 heteroatoms. The van der Waals surface area contributed by atoms with Crippen molar-refractivity contribution in [2.24, 2.45) is 0 Å². The lowest BCUT2D eigenvalue weighted by Crippen LogP contribution is -2.32. The molecule has 1 heterocycles. The summed E-state index contributed by atoms with van der Waals surface area (Å²) < 4.78 is 0. The van der Waals surface area contributed by atoms with E-state index in [-0.39, 0.29) is 10.6 Å². The number of nitrogens with one attached hydrogen (secondary N) is 1. The maximum absolute atomic E-state index is 12.3. The second-order valence-electron chi connectivity index (χ2n) is 7.86. The van der Waals surface area contributed by atoms with Gasteiger partial charge in [0, 0.05) is 17.0 Å². The van der Waals surface area contributed by atoms with Crippen LogP contribution in [0.3, 0.4) is 0 Å². The lowest BCUT2D eigenvalue weighted by atomic mass is 9.63. The molecule has 4 aromatic carbocycles. The number of nitro benzene ring substituents is 1. The standard InChI is InChI=1S/C28H21N3O2/c1-2-20-17-21-19-29-30-26(21)18-25(20)28(22-11-5-3-6-12-22,23-13-7-4-8-14-23)24-15-9-10-16-27(24)31(32)33/h2-19H,1H2,(H,29,30). The van der Waals surface area contributed by atoms with Gasteiger partial charge in [-0.2, -0.15) is 5.10 Å². The number of nitrogens with zero attached hydrogens (tertiary/aromatic N) is 2. The van der Waals surface area contributed by atoms with Crippen molar-refractivity contribution in [2.45, 2.75) is 5.41 Å². The van der Waals surface area contributed by atoms with E-state index >= 15 is 0 Å². The first-order valence-electron chi connectivity index (χ1n) is 10.6. The molecule has 1 N–H and O–H groups in total. The number of aromatic amines is 1. The fourth-order valence-electron chi connectivity index (χ4n) is 4.76. The molecule has 0 radical (unpaired) electrons. The van der Waals surface area contributed by atoms with Crippen LogP contribution in [0.4, 0.5) is 5.69 Å². The Balaban J connectivity index is 2.03. The van der Waals surface area contributed by atoms with E-state index in [9.17, 15) is 10.1 Å².